The maximum Gasteiger partial charge on any atom is 0.242 e. The molecule has 0 spiro atoms. The Morgan fingerprint density at radius 1 is 0.600 bits per heavy atom. The predicted molar refractivity (Wildman–Crippen MR) is 50.5 cm³/mol. The van der Waals surface area contributed by atoms with Gasteiger partial charge in [0.1, 0.15) is 0 Å². The Bertz CT molecular complexity index is 199. The van der Waals surface area contributed by atoms with Gasteiger partial charge in [0.15, 0.2) is 11.3 Å². The molecule has 0 aromatic rings. The van der Waals surface area contributed by atoms with Crippen LogP contribution >= 0.6 is 0 Å². The van der Waals surface area contributed by atoms with Gasteiger partial charge in [-0.25, -0.2) is 17.6 Å². The van der Waals surface area contributed by atoms with Crippen LogP contribution in [0.25, 0.3) is 0 Å². The largest absolute Gasteiger partial charge is 0.303 e. The van der Waals surface area contributed by atoms with Crippen molar-refractivity contribution in [3.05, 3.63) is 0 Å². The van der Waals surface area contributed by atoms with Gasteiger partial charge in [0, 0.05) is 0 Å². The van der Waals surface area contributed by atoms with Crippen molar-refractivity contribution in [2.24, 2.45) is 0 Å². The van der Waals surface area contributed by atoms with Gasteiger partial charge >= 0.3 is 0 Å². The van der Waals surface area contributed by atoms with Gasteiger partial charge in [-0.1, -0.05) is 0 Å². The highest BCUT2D eigenvalue weighted by Gasteiger charge is 2.54. The van der Waals surface area contributed by atoms with Crippen LogP contribution in [0.5, 0.6) is 0 Å². The second-order valence-electron chi connectivity index (χ2n) is 4.88. The second-order valence-corrected chi connectivity index (χ2v) is 4.88. The van der Waals surface area contributed by atoms with Gasteiger partial charge in [-0.15, -0.1) is 0 Å². The average molecular weight is 230 g/mol. The zero-order valence-electron chi connectivity index (χ0n) is 9.92. The molecule has 0 aliphatic rings. The lowest BCUT2D eigenvalue weighted by molar-refractivity contribution is -0.330. The molecule has 2 unspecified atom stereocenters. The third kappa shape index (κ3) is 3.33. The molecule has 0 fully saturated rings. The van der Waals surface area contributed by atoms with Gasteiger partial charge in [0.25, 0.3) is 0 Å². The quantitative estimate of drug-likeness (QED) is 0.666. The summed E-state index contributed by atoms with van der Waals surface area (Å²) >= 11 is 0. The van der Waals surface area contributed by atoms with Crippen LogP contribution < -0.4 is 0 Å². The minimum Gasteiger partial charge on any atom is -0.303 e. The minimum atomic E-state index is -2.90. The van der Waals surface area contributed by atoms with E-state index in [9.17, 15) is 17.6 Å². The summed E-state index contributed by atoms with van der Waals surface area (Å²) in [7, 11) is 0. The summed E-state index contributed by atoms with van der Waals surface area (Å²) < 4.78 is 58.1. The van der Waals surface area contributed by atoms with Crippen LogP contribution in [-0.2, 0) is 4.74 Å². The van der Waals surface area contributed by atoms with E-state index >= 15 is 0 Å². The average Bonchev–Trinajstić information content (AvgIpc) is 1.77. The fourth-order valence-corrected chi connectivity index (χ4v) is 0.603. The molecule has 0 amide bonds. The number of rotatable bonds is 4. The monoisotopic (exact) mass is 230 g/mol. The van der Waals surface area contributed by atoms with Crippen molar-refractivity contribution in [3.8, 4) is 0 Å². The van der Waals surface area contributed by atoms with Crippen molar-refractivity contribution in [1.29, 1.82) is 0 Å². The Balaban J connectivity index is 4.89. The smallest absolute Gasteiger partial charge is 0.242 e. The summed E-state index contributed by atoms with van der Waals surface area (Å²) in [5, 5.41) is 0. The van der Waals surface area contributed by atoms with E-state index in [0.717, 1.165) is 41.5 Å². The first kappa shape index (κ1) is 14.7. The second kappa shape index (κ2) is 3.61. The van der Waals surface area contributed by atoms with Crippen molar-refractivity contribution >= 4 is 0 Å². The molecule has 92 valence electrons. The number of hydrogen-bond donors (Lipinski definition) is 0. The Hall–Kier alpha value is -0.320. The van der Waals surface area contributed by atoms with Gasteiger partial charge in [0.2, 0.25) is 11.7 Å². The molecule has 0 aliphatic heterocycles. The van der Waals surface area contributed by atoms with Crippen LogP contribution in [0.2, 0.25) is 0 Å². The minimum absolute atomic E-state index is 0.733. The van der Waals surface area contributed by atoms with Crippen LogP contribution in [0.15, 0.2) is 0 Å². The standard InChI is InChI=1S/C10H18F4O/c1-7(2,11)9(5,13)15-10(6,14)8(3,4)12/h1-6H3. The first-order valence-electron chi connectivity index (χ1n) is 4.66. The lowest BCUT2D eigenvalue weighted by Gasteiger charge is -2.39. The maximum atomic E-state index is 13.6. The molecular weight excluding hydrogens is 212 g/mol. The van der Waals surface area contributed by atoms with E-state index in [1.54, 1.807) is 0 Å². The fraction of sp³-hybridized carbons (Fsp3) is 1.00. The van der Waals surface area contributed by atoms with Gasteiger partial charge in [-0.05, 0) is 41.5 Å². The third-order valence-corrected chi connectivity index (χ3v) is 2.51. The summed E-state index contributed by atoms with van der Waals surface area (Å²) in [5.41, 5.74) is -4.85. The molecule has 0 aromatic carbocycles. The summed E-state index contributed by atoms with van der Waals surface area (Å²) in [6, 6.07) is 0. The summed E-state index contributed by atoms with van der Waals surface area (Å²) in [6.07, 6.45) is 0. The number of alkyl halides is 4. The third-order valence-electron chi connectivity index (χ3n) is 2.51. The molecule has 15 heavy (non-hydrogen) atoms. The summed E-state index contributed by atoms with van der Waals surface area (Å²) in [5.74, 6) is -5.81. The van der Waals surface area contributed by atoms with Crippen LogP contribution in [-0.4, -0.2) is 23.0 Å². The molecule has 0 aliphatic carbocycles. The molecule has 0 saturated carbocycles. The van der Waals surface area contributed by atoms with Gasteiger partial charge < -0.3 is 4.74 Å². The van der Waals surface area contributed by atoms with E-state index in [4.69, 9.17) is 0 Å². The SMILES string of the molecule is CC(C)(F)C(C)(F)OC(C)(F)C(C)(C)F. The van der Waals surface area contributed by atoms with Crippen LogP contribution in [0.3, 0.4) is 0 Å². The first-order valence-corrected chi connectivity index (χ1v) is 4.66. The molecule has 5 heteroatoms. The van der Waals surface area contributed by atoms with Crippen LogP contribution in [0.4, 0.5) is 17.6 Å². The number of hydrogen-bond acceptors (Lipinski definition) is 1. The Morgan fingerprint density at radius 3 is 0.933 bits per heavy atom. The summed E-state index contributed by atoms with van der Waals surface area (Å²) in [6.45, 7) is 5.05. The zero-order valence-corrected chi connectivity index (χ0v) is 9.92. The molecule has 0 bridgehead atoms. The summed E-state index contributed by atoms with van der Waals surface area (Å²) in [4.78, 5) is 0. The molecule has 0 aromatic heterocycles. The van der Waals surface area contributed by atoms with Crippen molar-refractivity contribution in [3.63, 3.8) is 0 Å². The lowest BCUT2D eigenvalue weighted by Crippen LogP contribution is -2.53. The van der Waals surface area contributed by atoms with Crippen molar-refractivity contribution in [2.75, 3.05) is 0 Å². The molecule has 0 radical (unpaired) electrons. The Kier molecular flexibility index (Phi) is 3.53. The van der Waals surface area contributed by atoms with E-state index in [1.165, 1.54) is 0 Å². The molecule has 0 heterocycles. The van der Waals surface area contributed by atoms with Gasteiger partial charge in [-0.3, -0.25) is 0 Å². The van der Waals surface area contributed by atoms with Gasteiger partial charge in [0.05, 0.1) is 0 Å². The van der Waals surface area contributed by atoms with E-state index < -0.39 is 23.0 Å². The fourth-order valence-electron chi connectivity index (χ4n) is 0.603. The normalized spacial score (nSPS) is 22.0. The maximum absolute atomic E-state index is 13.6. The lowest BCUT2D eigenvalue weighted by atomic mass is 9.99. The number of halogens is 4. The van der Waals surface area contributed by atoms with Crippen LogP contribution in [0.1, 0.15) is 41.5 Å². The Morgan fingerprint density at radius 2 is 0.800 bits per heavy atom. The van der Waals surface area contributed by atoms with Crippen molar-refractivity contribution in [2.45, 2.75) is 64.6 Å². The molecule has 2 atom stereocenters. The van der Waals surface area contributed by atoms with Crippen molar-refractivity contribution in [1.82, 2.24) is 0 Å². The molecular formula is C10H18F4O. The molecule has 0 saturated heterocycles. The first-order chi connectivity index (χ1) is 6.21. The highest BCUT2D eigenvalue weighted by molar-refractivity contribution is 4.90. The predicted octanol–water partition coefficient (Wildman–Crippen LogP) is 3.87. The van der Waals surface area contributed by atoms with Crippen molar-refractivity contribution < 1.29 is 22.3 Å². The topological polar surface area (TPSA) is 9.23 Å². The highest BCUT2D eigenvalue weighted by Crippen LogP contribution is 2.40. The molecule has 1 nitrogen and oxygen atoms in total. The Labute approximate surface area is 87.8 Å². The molecule has 0 N–H and O–H groups in total. The van der Waals surface area contributed by atoms with E-state index in [1.807, 2.05) is 0 Å². The molecule has 0 rings (SSSR count). The highest BCUT2D eigenvalue weighted by atomic mass is 19.2. The van der Waals surface area contributed by atoms with Gasteiger partial charge in [-0.2, -0.15) is 0 Å². The van der Waals surface area contributed by atoms with E-state index in [0.29, 0.717) is 0 Å². The zero-order chi connectivity index (χ0) is 12.7. The van der Waals surface area contributed by atoms with Crippen LogP contribution in [0, 0.1) is 0 Å². The van der Waals surface area contributed by atoms with E-state index in [2.05, 4.69) is 4.74 Å². The number of ether oxygens (including phenoxy) is 1. The van der Waals surface area contributed by atoms with E-state index in [-0.39, 0.29) is 0 Å².